The van der Waals surface area contributed by atoms with E-state index in [2.05, 4.69) is 4.74 Å². The van der Waals surface area contributed by atoms with Gasteiger partial charge in [0, 0.05) is 6.92 Å². The van der Waals surface area contributed by atoms with Crippen molar-refractivity contribution in [2.45, 2.75) is 40.5 Å². The minimum atomic E-state index is -0.706. The minimum Gasteiger partial charge on any atom is -0.481 e. The second-order valence-corrected chi connectivity index (χ2v) is 2.99. The Morgan fingerprint density at radius 3 is 1.93 bits per heavy atom. The fraction of sp³-hybridized carbons (Fsp3) is 0.800. The lowest BCUT2D eigenvalue weighted by Gasteiger charge is -1.96. The van der Waals surface area contributed by atoms with E-state index >= 15 is 0 Å². The van der Waals surface area contributed by atoms with Gasteiger partial charge in [-0.1, -0.05) is 20.8 Å². The molecular formula is C10H20O4. The van der Waals surface area contributed by atoms with E-state index in [-0.39, 0.29) is 11.9 Å². The van der Waals surface area contributed by atoms with Gasteiger partial charge < -0.3 is 9.84 Å². The number of ether oxygens (including phenoxy) is 1. The quantitative estimate of drug-likeness (QED) is 0.712. The maximum absolute atomic E-state index is 9.98. The lowest BCUT2D eigenvalue weighted by atomic mass is 10.1. The second-order valence-electron chi connectivity index (χ2n) is 2.99. The highest BCUT2D eigenvalue weighted by atomic mass is 16.5. The summed E-state index contributed by atoms with van der Waals surface area (Å²) in [5, 5.41) is 8.18. The summed E-state index contributed by atoms with van der Waals surface area (Å²) in [6.07, 6.45) is 1.62. The van der Waals surface area contributed by atoms with Crippen molar-refractivity contribution in [2.75, 3.05) is 6.61 Å². The van der Waals surface area contributed by atoms with Crippen LogP contribution in [0.3, 0.4) is 0 Å². The normalized spacial score (nSPS) is 10.9. The molecular weight excluding hydrogens is 184 g/mol. The molecule has 0 aromatic rings. The van der Waals surface area contributed by atoms with Crippen molar-refractivity contribution in [3.8, 4) is 0 Å². The molecule has 0 heterocycles. The summed E-state index contributed by atoms with van der Waals surface area (Å²) < 4.78 is 4.55. The number of hydrogen-bond donors (Lipinski definition) is 1. The number of aliphatic carboxylic acids is 1. The first kappa shape index (κ1) is 15.4. The van der Waals surface area contributed by atoms with E-state index in [0.29, 0.717) is 6.61 Å². The number of carboxylic acid groups (broad SMARTS) is 1. The van der Waals surface area contributed by atoms with Crippen molar-refractivity contribution >= 4 is 11.9 Å². The summed E-state index contributed by atoms with van der Waals surface area (Å²) in [7, 11) is 0. The average Bonchev–Trinajstić information content (AvgIpc) is 2.14. The molecule has 1 N–H and O–H groups in total. The molecule has 4 heteroatoms. The average molecular weight is 204 g/mol. The summed E-state index contributed by atoms with van der Waals surface area (Å²) in [5.41, 5.74) is 0. The Balaban J connectivity index is 0. The van der Waals surface area contributed by atoms with E-state index in [4.69, 9.17) is 5.11 Å². The molecule has 0 fully saturated rings. The molecule has 0 rings (SSSR count). The van der Waals surface area contributed by atoms with E-state index in [1.54, 1.807) is 6.92 Å². The van der Waals surface area contributed by atoms with Gasteiger partial charge in [0.2, 0.25) is 0 Å². The zero-order valence-electron chi connectivity index (χ0n) is 9.37. The van der Waals surface area contributed by atoms with Gasteiger partial charge >= 0.3 is 11.9 Å². The molecule has 14 heavy (non-hydrogen) atoms. The van der Waals surface area contributed by atoms with E-state index in [1.165, 1.54) is 6.92 Å². The first-order valence-electron chi connectivity index (χ1n) is 4.81. The second kappa shape index (κ2) is 10.0. The number of esters is 1. The zero-order chi connectivity index (χ0) is 11.6. The van der Waals surface area contributed by atoms with Gasteiger partial charge in [0.25, 0.3) is 0 Å². The van der Waals surface area contributed by atoms with Crippen molar-refractivity contribution in [2.24, 2.45) is 5.92 Å². The molecule has 0 amide bonds. The fourth-order valence-electron chi connectivity index (χ4n) is 0.420. The largest absolute Gasteiger partial charge is 0.481 e. The van der Waals surface area contributed by atoms with Gasteiger partial charge in [-0.05, 0) is 12.8 Å². The van der Waals surface area contributed by atoms with Crippen LogP contribution < -0.4 is 0 Å². The Morgan fingerprint density at radius 1 is 1.36 bits per heavy atom. The molecule has 84 valence electrons. The summed E-state index contributed by atoms with van der Waals surface area (Å²) >= 11 is 0. The SMILES string of the molecule is CCC(C)C(=O)O.CCCOC(C)=O. The third-order valence-electron chi connectivity index (χ3n) is 1.54. The van der Waals surface area contributed by atoms with E-state index in [1.807, 2.05) is 13.8 Å². The zero-order valence-corrected chi connectivity index (χ0v) is 9.37. The first-order chi connectivity index (χ1) is 6.45. The van der Waals surface area contributed by atoms with Crippen LogP contribution in [0.4, 0.5) is 0 Å². The van der Waals surface area contributed by atoms with Crippen LogP contribution >= 0.6 is 0 Å². The highest BCUT2D eigenvalue weighted by molar-refractivity contribution is 5.69. The predicted octanol–water partition coefficient (Wildman–Crippen LogP) is 2.08. The van der Waals surface area contributed by atoms with Crippen LogP contribution in [0.5, 0.6) is 0 Å². The lowest BCUT2D eigenvalue weighted by Crippen LogP contribution is -2.06. The molecule has 1 unspecified atom stereocenters. The summed E-state index contributed by atoms with van der Waals surface area (Å²) in [6.45, 7) is 7.48. The van der Waals surface area contributed by atoms with Crippen LogP contribution in [0, 0.1) is 5.92 Å². The minimum absolute atomic E-state index is 0.181. The Bertz CT molecular complexity index is 166. The maximum Gasteiger partial charge on any atom is 0.306 e. The van der Waals surface area contributed by atoms with Crippen molar-refractivity contribution in [1.29, 1.82) is 0 Å². The maximum atomic E-state index is 9.98. The van der Waals surface area contributed by atoms with Crippen LogP contribution in [0.25, 0.3) is 0 Å². The molecule has 0 saturated carbocycles. The number of rotatable bonds is 4. The molecule has 0 radical (unpaired) electrons. The first-order valence-corrected chi connectivity index (χ1v) is 4.81. The number of hydrogen-bond acceptors (Lipinski definition) is 3. The molecule has 0 aromatic heterocycles. The van der Waals surface area contributed by atoms with Crippen LogP contribution in [-0.4, -0.2) is 23.7 Å². The Kier molecular flexibility index (Phi) is 11.0. The van der Waals surface area contributed by atoms with Gasteiger partial charge in [-0.15, -0.1) is 0 Å². The lowest BCUT2D eigenvalue weighted by molar-refractivity contribution is -0.142. The van der Waals surface area contributed by atoms with Crippen LogP contribution in [0.15, 0.2) is 0 Å². The Hall–Kier alpha value is -1.06. The Morgan fingerprint density at radius 2 is 1.86 bits per heavy atom. The van der Waals surface area contributed by atoms with Crippen molar-refractivity contribution in [3.63, 3.8) is 0 Å². The smallest absolute Gasteiger partial charge is 0.306 e. The highest BCUT2D eigenvalue weighted by Crippen LogP contribution is 1.97. The van der Waals surface area contributed by atoms with Gasteiger partial charge in [-0.2, -0.15) is 0 Å². The third-order valence-corrected chi connectivity index (χ3v) is 1.54. The summed E-state index contributed by atoms with van der Waals surface area (Å²) in [6, 6.07) is 0. The van der Waals surface area contributed by atoms with Gasteiger partial charge in [0.05, 0.1) is 12.5 Å². The fourth-order valence-corrected chi connectivity index (χ4v) is 0.420. The van der Waals surface area contributed by atoms with Gasteiger partial charge in [-0.25, -0.2) is 0 Å². The number of carbonyl (C=O) groups excluding carboxylic acids is 1. The molecule has 0 saturated heterocycles. The monoisotopic (exact) mass is 204 g/mol. The van der Waals surface area contributed by atoms with Crippen LogP contribution in [0.1, 0.15) is 40.5 Å². The van der Waals surface area contributed by atoms with E-state index in [9.17, 15) is 9.59 Å². The molecule has 1 atom stereocenters. The van der Waals surface area contributed by atoms with Crippen molar-refractivity contribution < 1.29 is 19.4 Å². The molecule has 4 nitrogen and oxygen atoms in total. The Labute approximate surface area is 85.3 Å². The number of carboxylic acids is 1. The third kappa shape index (κ3) is 13.5. The van der Waals surface area contributed by atoms with Crippen molar-refractivity contribution in [3.05, 3.63) is 0 Å². The van der Waals surface area contributed by atoms with Gasteiger partial charge in [-0.3, -0.25) is 9.59 Å². The molecule has 0 aliphatic heterocycles. The molecule has 0 bridgehead atoms. The van der Waals surface area contributed by atoms with E-state index in [0.717, 1.165) is 12.8 Å². The predicted molar refractivity (Wildman–Crippen MR) is 54.0 cm³/mol. The summed E-state index contributed by atoms with van der Waals surface area (Å²) in [4.78, 5) is 19.9. The summed E-state index contributed by atoms with van der Waals surface area (Å²) in [5.74, 6) is -1.08. The molecule has 0 aliphatic carbocycles. The molecule has 0 aliphatic rings. The van der Waals surface area contributed by atoms with Gasteiger partial charge in [0.15, 0.2) is 0 Å². The van der Waals surface area contributed by atoms with Crippen LogP contribution in [0.2, 0.25) is 0 Å². The molecule has 0 spiro atoms. The standard InChI is InChI=1S/2C5H10O2/c1-3-4-7-5(2)6;1-3-4(2)5(6)7/h3-4H2,1-2H3;4H,3H2,1-2H3,(H,6,7). The highest BCUT2D eigenvalue weighted by Gasteiger charge is 2.05. The van der Waals surface area contributed by atoms with Crippen LogP contribution in [-0.2, 0) is 14.3 Å². The van der Waals surface area contributed by atoms with Gasteiger partial charge in [0.1, 0.15) is 0 Å². The topological polar surface area (TPSA) is 63.6 Å². The van der Waals surface area contributed by atoms with E-state index < -0.39 is 5.97 Å². The van der Waals surface area contributed by atoms with Crippen molar-refractivity contribution in [1.82, 2.24) is 0 Å². The molecule has 0 aromatic carbocycles. The number of carbonyl (C=O) groups is 2.